The Morgan fingerprint density at radius 2 is 2.04 bits per heavy atom. The van der Waals surface area contributed by atoms with E-state index in [1.54, 1.807) is 32.4 Å². The van der Waals surface area contributed by atoms with Crippen molar-refractivity contribution < 1.29 is 14.3 Å². The van der Waals surface area contributed by atoms with Crippen molar-refractivity contribution in [3.63, 3.8) is 0 Å². The SMILES string of the molecule is C=CCc1cc(/C=C(\C#N)C(=O)Nc2cccc(C)c2)cc(OC)c1OC. The predicted octanol–water partition coefficient (Wildman–Crippen LogP) is 4.29. The number of nitrogens with one attached hydrogen (secondary N) is 1. The van der Waals surface area contributed by atoms with Gasteiger partial charge in [0.2, 0.25) is 0 Å². The summed E-state index contributed by atoms with van der Waals surface area (Å²) in [6, 6.07) is 12.9. The van der Waals surface area contributed by atoms with Crippen LogP contribution in [0.2, 0.25) is 0 Å². The summed E-state index contributed by atoms with van der Waals surface area (Å²) in [7, 11) is 3.11. The minimum atomic E-state index is -0.469. The highest BCUT2D eigenvalue weighted by Gasteiger charge is 2.14. The smallest absolute Gasteiger partial charge is 0.266 e. The molecule has 0 fully saturated rings. The molecule has 2 rings (SSSR count). The Bertz CT molecular complexity index is 924. The van der Waals surface area contributed by atoms with Crippen LogP contribution >= 0.6 is 0 Å². The zero-order valence-corrected chi connectivity index (χ0v) is 15.7. The molecule has 1 amide bonds. The first-order chi connectivity index (χ1) is 13.0. The van der Waals surface area contributed by atoms with Crippen LogP contribution in [0.1, 0.15) is 16.7 Å². The van der Waals surface area contributed by atoms with Crippen molar-refractivity contribution >= 4 is 17.7 Å². The Kier molecular flexibility index (Phi) is 6.79. The molecule has 0 heterocycles. The fraction of sp³-hybridized carbons (Fsp3) is 0.182. The van der Waals surface area contributed by atoms with Crippen LogP contribution in [0, 0.1) is 18.3 Å². The number of rotatable bonds is 7. The Morgan fingerprint density at radius 1 is 1.26 bits per heavy atom. The Hall–Kier alpha value is -3.52. The molecule has 27 heavy (non-hydrogen) atoms. The number of carbonyl (C=O) groups excluding carboxylic acids is 1. The minimum Gasteiger partial charge on any atom is -0.493 e. The number of hydrogen-bond donors (Lipinski definition) is 1. The van der Waals surface area contributed by atoms with Gasteiger partial charge in [-0.1, -0.05) is 18.2 Å². The molecule has 1 N–H and O–H groups in total. The number of hydrogen-bond acceptors (Lipinski definition) is 4. The normalized spacial score (nSPS) is 10.7. The lowest BCUT2D eigenvalue weighted by Crippen LogP contribution is -2.13. The monoisotopic (exact) mass is 362 g/mol. The van der Waals surface area contributed by atoms with Crippen molar-refractivity contribution in [2.24, 2.45) is 0 Å². The second kappa shape index (κ2) is 9.25. The third-order valence-electron chi connectivity index (χ3n) is 3.89. The van der Waals surface area contributed by atoms with Gasteiger partial charge < -0.3 is 14.8 Å². The molecule has 2 aromatic rings. The molecule has 5 nitrogen and oxygen atoms in total. The molecule has 0 bridgehead atoms. The van der Waals surface area contributed by atoms with E-state index in [1.165, 1.54) is 6.08 Å². The Balaban J connectivity index is 2.38. The fourth-order valence-corrected chi connectivity index (χ4v) is 2.69. The maximum atomic E-state index is 12.5. The number of anilines is 1. The van der Waals surface area contributed by atoms with Crippen molar-refractivity contribution in [3.05, 3.63) is 71.3 Å². The number of aryl methyl sites for hydroxylation is 1. The van der Waals surface area contributed by atoms with Gasteiger partial charge in [-0.05, 0) is 54.8 Å². The topological polar surface area (TPSA) is 71.4 Å². The van der Waals surface area contributed by atoms with Crippen LogP contribution in [0.15, 0.2) is 54.6 Å². The van der Waals surface area contributed by atoms with Crippen LogP contribution in [0.4, 0.5) is 5.69 Å². The summed E-state index contributed by atoms with van der Waals surface area (Å²) in [6.07, 6.45) is 3.85. The van der Waals surface area contributed by atoms with Crippen molar-refractivity contribution in [1.82, 2.24) is 0 Å². The van der Waals surface area contributed by atoms with E-state index in [2.05, 4.69) is 11.9 Å². The first-order valence-electron chi connectivity index (χ1n) is 8.38. The second-order valence-corrected chi connectivity index (χ2v) is 5.90. The first-order valence-corrected chi connectivity index (χ1v) is 8.38. The number of methoxy groups -OCH3 is 2. The number of amides is 1. The van der Waals surface area contributed by atoms with Crippen LogP contribution in [0.25, 0.3) is 6.08 Å². The standard InChI is InChI=1S/C22H22N2O3/c1-5-7-17-11-16(13-20(26-3)21(17)27-4)12-18(14-23)22(25)24-19-9-6-8-15(2)10-19/h5-6,8-13H,1,7H2,2-4H3,(H,24,25)/b18-12+. The van der Waals surface area contributed by atoms with E-state index in [4.69, 9.17) is 9.47 Å². The minimum absolute atomic E-state index is 0.00622. The third-order valence-corrected chi connectivity index (χ3v) is 3.89. The fourth-order valence-electron chi connectivity index (χ4n) is 2.69. The van der Waals surface area contributed by atoms with Crippen molar-refractivity contribution in [3.8, 4) is 17.6 Å². The van der Waals surface area contributed by atoms with E-state index in [0.717, 1.165) is 11.1 Å². The number of carbonyl (C=O) groups is 1. The Labute approximate surface area is 159 Å². The molecule has 2 aromatic carbocycles. The first kappa shape index (κ1) is 19.8. The molecular weight excluding hydrogens is 340 g/mol. The lowest BCUT2D eigenvalue weighted by atomic mass is 10.0. The molecule has 0 atom stereocenters. The molecule has 0 radical (unpaired) electrons. The van der Waals surface area contributed by atoms with Crippen LogP contribution in [0.3, 0.4) is 0 Å². The molecule has 0 saturated heterocycles. The second-order valence-electron chi connectivity index (χ2n) is 5.90. The van der Waals surface area contributed by atoms with E-state index in [-0.39, 0.29) is 5.57 Å². The Morgan fingerprint density at radius 3 is 2.63 bits per heavy atom. The summed E-state index contributed by atoms with van der Waals surface area (Å²) in [5.41, 5.74) is 3.17. The average molecular weight is 362 g/mol. The summed E-state index contributed by atoms with van der Waals surface area (Å²) < 4.78 is 10.8. The molecule has 0 aliphatic rings. The van der Waals surface area contributed by atoms with Crippen molar-refractivity contribution in [1.29, 1.82) is 5.26 Å². The molecule has 5 heteroatoms. The molecule has 0 aromatic heterocycles. The number of nitrogens with zero attached hydrogens (tertiary/aromatic N) is 1. The van der Waals surface area contributed by atoms with Gasteiger partial charge in [-0.15, -0.1) is 6.58 Å². The zero-order chi connectivity index (χ0) is 19.8. The molecule has 0 aliphatic carbocycles. The summed E-state index contributed by atoms with van der Waals surface area (Å²) in [6.45, 7) is 5.68. The molecule has 138 valence electrons. The van der Waals surface area contributed by atoms with Gasteiger partial charge in [0.25, 0.3) is 5.91 Å². The largest absolute Gasteiger partial charge is 0.493 e. The van der Waals surface area contributed by atoms with Gasteiger partial charge in [0.15, 0.2) is 11.5 Å². The van der Waals surface area contributed by atoms with E-state index >= 15 is 0 Å². The van der Waals surface area contributed by atoms with Gasteiger partial charge in [0.05, 0.1) is 14.2 Å². The maximum absolute atomic E-state index is 12.5. The molecular formula is C22H22N2O3. The summed E-state index contributed by atoms with van der Waals surface area (Å²) >= 11 is 0. The zero-order valence-electron chi connectivity index (χ0n) is 15.7. The van der Waals surface area contributed by atoms with Crippen LogP contribution in [-0.2, 0) is 11.2 Å². The van der Waals surface area contributed by atoms with E-state index in [0.29, 0.717) is 29.2 Å². The van der Waals surface area contributed by atoms with Crippen LogP contribution in [-0.4, -0.2) is 20.1 Å². The molecule has 0 unspecified atom stereocenters. The highest BCUT2D eigenvalue weighted by molar-refractivity contribution is 6.09. The lowest BCUT2D eigenvalue weighted by molar-refractivity contribution is -0.112. The molecule has 0 spiro atoms. The van der Waals surface area contributed by atoms with E-state index < -0.39 is 5.91 Å². The van der Waals surface area contributed by atoms with Gasteiger partial charge in [0.1, 0.15) is 11.6 Å². The van der Waals surface area contributed by atoms with E-state index in [9.17, 15) is 10.1 Å². The highest BCUT2D eigenvalue weighted by atomic mass is 16.5. The van der Waals surface area contributed by atoms with Gasteiger partial charge in [-0.2, -0.15) is 5.26 Å². The van der Waals surface area contributed by atoms with Crippen molar-refractivity contribution in [2.45, 2.75) is 13.3 Å². The number of allylic oxidation sites excluding steroid dienone is 1. The van der Waals surface area contributed by atoms with E-state index in [1.807, 2.05) is 37.3 Å². The van der Waals surface area contributed by atoms with Gasteiger partial charge in [-0.3, -0.25) is 4.79 Å². The highest BCUT2D eigenvalue weighted by Crippen LogP contribution is 2.34. The summed E-state index contributed by atoms with van der Waals surface area (Å²) in [4.78, 5) is 12.5. The number of nitriles is 1. The third kappa shape index (κ3) is 4.99. The average Bonchev–Trinajstić information content (AvgIpc) is 2.65. The summed E-state index contributed by atoms with van der Waals surface area (Å²) in [5, 5.41) is 12.2. The van der Waals surface area contributed by atoms with Crippen molar-refractivity contribution in [2.75, 3.05) is 19.5 Å². The van der Waals surface area contributed by atoms with Gasteiger partial charge in [0, 0.05) is 11.3 Å². The summed E-state index contributed by atoms with van der Waals surface area (Å²) in [5.74, 6) is 0.667. The number of ether oxygens (including phenoxy) is 2. The quantitative estimate of drug-likeness (QED) is 0.453. The number of benzene rings is 2. The maximum Gasteiger partial charge on any atom is 0.266 e. The lowest BCUT2D eigenvalue weighted by Gasteiger charge is -2.13. The van der Waals surface area contributed by atoms with Crippen LogP contribution < -0.4 is 14.8 Å². The molecule has 0 saturated carbocycles. The van der Waals surface area contributed by atoms with Gasteiger partial charge in [-0.25, -0.2) is 0 Å². The van der Waals surface area contributed by atoms with Gasteiger partial charge >= 0.3 is 0 Å². The van der Waals surface area contributed by atoms with Crippen LogP contribution in [0.5, 0.6) is 11.5 Å². The molecule has 0 aliphatic heterocycles. The predicted molar refractivity (Wildman–Crippen MR) is 107 cm³/mol.